The Bertz CT molecular complexity index is 702. The van der Waals surface area contributed by atoms with Crippen LogP contribution in [0.3, 0.4) is 0 Å². The number of rotatable bonds is 4. The van der Waals surface area contributed by atoms with Crippen LogP contribution in [-0.2, 0) is 4.74 Å². The molecule has 1 atom stereocenters. The van der Waals surface area contributed by atoms with E-state index >= 15 is 0 Å². The Morgan fingerprint density at radius 2 is 2.16 bits per heavy atom. The summed E-state index contributed by atoms with van der Waals surface area (Å²) in [6.07, 6.45) is 9.27. The fraction of sp³-hybridized carbons (Fsp3) is 0.524. The highest BCUT2D eigenvalue weighted by Crippen LogP contribution is 2.25. The molecule has 2 aliphatic rings. The molecule has 1 aliphatic carbocycles. The summed E-state index contributed by atoms with van der Waals surface area (Å²) in [6, 6.07) is 6.18. The first-order valence-corrected chi connectivity index (χ1v) is 9.28. The molecule has 1 saturated carbocycles. The van der Waals surface area contributed by atoms with E-state index in [4.69, 9.17) is 10.6 Å². The van der Waals surface area contributed by atoms with Crippen molar-refractivity contribution in [2.45, 2.75) is 51.6 Å². The van der Waals surface area contributed by atoms with Crippen LogP contribution in [0.5, 0.6) is 0 Å². The predicted octanol–water partition coefficient (Wildman–Crippen LogP) is 3.45. The lowest BCUT2D eigenvalue weighted by molar-refractivity contribution is 0.0226. The molecule has 1 unspecified atom stereocenters. The van der Waals surface area contributed by atoms with Crippen molar-refractivity contribution in [3.05, 3.63) is 34.9 Å². The van der Waals surface area contributed by atoms with Crippen LogP contribution < -0.4 is 5.84 Å². The number of nitrogens with zero attached hydrogens (tertiary/aromatic N) is 2. The quantitative estimate of drug-likeness (QED) is 0.396. The Kier molecular flexibility index (Phi) is 6.25. The molecule has 4 nitrogen and oxygen atoms in total. The van der Waals surface area contributed by atoms with Gasteiger partial charge in [0.2, 0.25) is 0 Å². The molecule has 25 heavy (non-hydrogen) atoms. The first kappa shape index (κ1) is 17.7. The van der Waals surface area contributed by atoms with Gasteiger partial charge in [-0.2, -0.15) is 5.10 Å². The maximum atomic E-state index is 5.70. The molecule has 1 heterocycles. The van der Waals surface area contributed by atoms with E-state index in [9.17, 15) is 0 Å². The van der Waals surface area contributed by atoms with Crippen LogP contribution >= 0.6 is 0 Å². The third kappa shape index (κ3) is 4.93. The number of benzene rings is 1. The highest BCUT2D eigenvalue weighted by Gasteiger charge is 2.14. The second-order valence-corrected chi connectivity index (χ2v) is 6.92. The zero-order chi connectivity index (χ0) is 17.5. The van der Waals surface area contributed by atoms with Crippen molar-refractivity contribution in [2.75, 3.05) is 13.2 Å². The summed E-state index contributed by atoms with van der Waals surface area (Å²) in [5.74, 6) is 12.8. The van der Waals surface area contributed by atoms with Crippen LogP contribution in [0, 0.1) is 24.7 Å². The van der Waals surface area contributed by atoms with Crippen LogP contribution in [0.15, 0.2) is 28.3 Å². The minimum atomic E-state index is 0.231. The summed E-state index contributed by atoms with van der Waals surface area (Å²) >= 11 is 0. The number of aryl methyl sites for hydroxylation is 1. The van der Waals surface area contributed by atoms with Gasteiger partial charge in [-0.15, -0.1) is 0 Å². The number of aliphatic imine (C=N–C) groups is 1. The van der Waals surface area contributed by atoms with Gasteiger partial charge in [0.1, 0.15) is 5.71 Å². The van der Waals surface area contributed by atoms with Crippen molar-refractivity contribution < 1.29 is 4.74 Å². The molecule has 0 radical (unpaired) electrons. The van der Waals surface area contributed by atoms with Gasteiger partial charge in [-0.3, -0.25) is 4.99 Å². The molecule has 1 aromatic rings. The zero-order valence-electron chi connectivity index (χ0n) is 15.0. The average Bonchev–Trinajstić information content (AvgIpc) is 2.59. The third-order valence-corrected chi connectivity index (χ3v) is 4.96. The van der Waals surface area contributed by atoms with Crippen LogP contribution in [0.1, 0.15) is 55.2 Å². The molecule has 132 valence electrons. The second kappa shape index (κ2) is 8.82. The molecule has 1 saturated heterocycles. The summed E-state index contributed by atoms with van der Waals surface area (Å²) in [7, 11) is 0. The Morgan fingerprint density at radius 1 is 1.28 bits per heavy atom. The number of hydrazone groups is 1. The SMILES string of the molecule is Cc1cc(C#CC2CCC2)ccc1/C(C=NCC1CCCCO1)=N/N. The maximum Gasteiger partial charge on any atom is 0.108 e. The highest BCUT2D eigenvalue weighted by molar-refractivity contribution is 6.38. The van der Waals surface area contributed by atoms with E-state index in [0.717, 1.165) is 36.1 Å². The Labute approximate surface area is 150 Å². The monoisotopic (exact) mass is 337 g/mol. The fourth-order valence-corrected chi connectivity index (χ4v) is 3.15. The molecule has 0 amide bonds. The van der Waals surface area contributed by atoms with Gasteiger partial charge in [-0.25, -0.2) is 0 Å². The Balaban J connectivity index is 1.64. The van der Waals surface area contributed by atoms with Crippen LogP contribution in [0.4, 0.5) is 0 Å². The zero-order valence-corrected chi connectivity index (χ0v) is 15.0. The van der Waals surface area contributed by atoms with Gasteiger partial charge in [0.25, 0.3) is 0 Å². The van der Waals surface area contributed by atoms with Crippen LogP contribution in [0.2, 0.25) is 0 Å². The van der Waals surface area contributed by atoms with Gasteiger partial charge >= 0.3 is 0 Å². The molecule has 1 aromatic carbocycles. The molecule has 0 spiro atoms. The predicted molar refractivity (Wildman–Crippen MR) is 103 cm³/mol. The summed E-state index contributed by atoms with van der Waals surface area (Å²) in [4.78, 5) is 4.50. The smallest absolute Gasteiger partial charge is 0.108 e. The Morgan fingerprint density at radius 3 is 2.80 bits per heavy atom. The van der Waals surface area contributed by atoms with Crippen molar-refractivity contribution in [2.24, 2.45) is 21.9 Å². The maximum absolute atomic E-state index is 5.70. The molecular weight excluding hydrogens is 310 g/mol. The van der Waals surface area contributed by atoms with E-state index < -0.39 is 0 Å². The number of hydrogen-bond acceptors (Lipinski definition) is 4. The molecule has 3 rings (SSSR count). The average molecular weight is 337 g/mol. The minimum Gasteiger partial charge on any atom is -0.376 e. The van der Waals surface area contributed by atoms with Gasteiger partial charge < -0.3 is 10.6 Å². The molecular formula is C21H27N3O. The minimum absolute atomic E-state index is 0.231. The summed E-state index contributed by atoms with van der Waals surface area (Å²) < 4.78 is 5.70. The molecule has 1 aliphatic heterocycles. The molecule has 0 aromatic heterocycles. The molecule has 2 fully saturated rings. The van der Waals surface area contributed by atoms with E-state index in [0.29, 0.717) is 18.2 Å². The molecule has 4 heteroatoms. The summed E-state index contributed by atoms with van der Waals surface area (Å²) in [6.45, 7) is 3.58. The first-order chi connectivity index (χ1) is 12.3. The van der Waals surface area contributed by atoms with Crippen LogP contribution in [-0.4, -0.2) is 31.2 Å². The number of hydrogen-bond donors (Lipinski definition) is 1. The van der Waals surface area contributed by atoms with Gasteiger partial charge in [0, 0.05) is 29.9 Å². The van der Waals surface area contributed by atoms with E-state index in [1.54, 1.807) is 6.21 Å². The van der Waals surface area contributed by atoms with Gasteiger partial charge in [-0.05, 0) is 56.7 Å². The summed E-state index contributed by atoms with van der Waals surface area (Å²) in [5.41, 5.74) is 3.87. The van der Waals surface area contributed by atoms with Crippen molar-refractivity contribution in [1.82, 2.24) is 0 Å². The van der Waals surface area contributed by atoms with E-state index in [1.165, 1.54) is 25.7 Å². The lowest BCUT2D eigenvalue weighted by atomic mass is 9.86. The van der Waals surface area contributed by atoms with Crippen molar-refractivity contribution in [3.63, 3.8) is 0 Å². The van der Waals surface area contributed by atoms with E-state index in [1.807, 2.05) is 12.1 Å². The standard InChI is InChI=1S/C21H27N3O/c1-16-13-18(9-8-17-5-4-6-17)10-11-20(16)21(24-22)15-23-14-19-7-2-3-12-25-19/h10-11,13,15,17,19H,2-7,12,14,22H2,1H3/b23-15?,24-21+. The first-order valence-electron chi connectivity index (χ1n) is 9.28. The largest absolute Gasteiger partial charge is 0.376 e. The topological polar surface area (TPSA) is 60.0 Å². The van der Waals surface area contributed by atoms with Crippen molar-refractivity contribution in [3.8, 4) is 11.8 Å². The lowest BCUT2D eigenvalue weighted by Crippen LogP contribution is -2.22. The van der Waals surface area contributed by atoms with Crippen molar-refractivity contribution in [1.29, 1.82) is 0 Å². The summed E-state index contributed by atoms with van der Waals surface area (Å²) in [5, 5.41) is 3.92. The third-order valence-electron chi connectivity index (χ3n) is 4.96. The fourth-order valence-electron chi connectivity index (χ4n) is 3.15. The number of ether oxygens (including phenoxy) is 1. The lowest BCUT2D eigenvalue weighted by Gasteiger charge is -2.20. The van der Waals surface area contributed by atoms with E-state index in [-0.39, 0.29) is 6.10 Å². The van der Waals surface area contributed by atoms with Crippen LogP contribution in [0.25, 0.3) is 0 Å². The van der Waals surface area contributed by atoms with Gasteiger partial charge in [0.05, 0.1) is 12.6 Å². The molecule has 2 N–H and O–H groups in total. The Hall–Kier alpha value is -2.12. The van der Waals surface area contributed by atoms with E-state index in [2.05, 4.69) is 34.9 Å². The highest BCUT2D eigenvalue weighted by atomic mass is 16.5. The van der Waals surface area contributed by atoms with Crippen molar-refractivity contribution >= 4 is 11.9 Å². The van der Waals surface area contributed by atoms with Gasteiger partial charge in [0.15, 0.2) is 0 Å². The normalized spacial score (nSPS) is 21.6. The second-order valence-electron chi connectivity index (χ2n) is 6.92. The molecule has 0 bridgehead atoms. The van der Waals surface area contributed by atoms with Gasteiger partial charge in [-0.1, -0.05) is 24.3 Å². The number of nitrogens with two attached hydrogens (primary N) is 1.